The summed E-state index contributed by atoms with van der Waals surface area (Å²) in [5.74, 6) is -1.51. The highest BCUT2D eigenvalue weighted by Gasteiger charge is 2.19. The Labute approximate surface area is 161 Å². The van der Waals surface area contributed by atoms with Gasteiger partial charge in [-0.05, 0) is 44.5 Å². The first-order valence-electron chi connectivity index (χ1n) is 9.01. The molecule has 1 amide bonds. The summed E-state index contributed by atoms with van der Waals surface area (Å²) in [4.78, 5) is 36.3. The Morgan fingerprint density at radius 1 is 1.18 bits per heavy atom. The summed E-state index contributed by atoms with van der Waals surface area (Å²) < 4.78 is 11.7. The summed E-state index contributed by atoms with van der Waals surface area (Å²) in [5.41, 5.74) is 3.77. The minimum absolute atomic E-state index is 0.0510. The monoisotopic (exact) mass is 382 g/mol. The molecule has 0 aliphatic heterocycles. The number of anilines is 1. The fourth-order valence-electron chi connectivity index (χ4n) is 2.93. The smallest absolute Gasteiger partial charge is 0.419 e. The second-order valence-corrected chi connectivity index (χ2v) is 6.68. The fourth-order valence-corrected chi connectivity index (χ4v) is 2.93. The molecule has 2 aromatic carbocycles. The van der Waals surface area contributed by atoms with Crippen LogP contribution in [0.4, 0.5) is 5.69 Å². The summed E-state index contributed by atoms with van der Waals surface area (Å²) >= 11 is 0. The molecular formula is C21H22N2O5. The van der Waals surface area contributed by atoms with E-state index >= 15 is 0 Å². The van der Waals surface area contributed by atoms with Gasteiger partial charge in [0.05, 0.1) is 11.9 Å². The van der Waals surface area contributed by atoms with Crippen molar-refractivity contribution in [3.8, 4) is 0 Å². The van der Waals surface area contributed by atoms with E-state index in [0.717, 1.165) is 11.1 Å². The second-order valence-electron chi connectivity index (χ2n) is 6.68. The number of ether oxygens (including phenoxy) is 1. The van der Waals surface area contributed by atoms with E-state index in [1.807, 2.05) is 32.0 Å². The maximum Gasteiger partial charge on any atom is 0.419 e. The number of oxazole rings is 1. The Morgan fingerprint density at radius 2 is 1.93 bits per heavy atom. The quantitative estimate of drug-likeness (QED) is 0.661. The number of aromatic nitrogens is 1. The lowest BCUT2D eigenvalue weighted by molar-refractivity contribution is -0.153. The number of esters is 1. The first-order chi connectivity index (χ1) is 13.3. The predicted octanol–water partition coefficient (Wildman–Crippen LogP) is 3.17. The molecule has 0 radical (unpaired) electrons. The van der Waals surface area contributed by atoms with Crippen molar-refractivity contribution in [2.24, 2.45) is 0 Å². The number of rotatable bonds is 6. The molecule has 3 rings (SSSR count). The van der Waals surface area contributed by atoms with E-state index in [4.69, 9.17) is 9.15 Å². The number of carbonyl (C=O) groups excluding carboxylic acids is 2. The van der Waals surface area contributed by atoms with Crippen LogP contribution in [-0.4, -0.2) is 22.5 Å². The van der Waals surface area contributed by atoms with Crippen LogP contribution in [0.2, 0.25) is 0 Å². The molecule has 0 unspecified atom stereocenters. The number of hydrogen-bond donors (Lipinski definition) is 1. The van der Waals surface area contributed by atoms with Gasteiger partial charge in [0.1, 0.15) is 0 Å². The van der Waals surface area contributed by atoms with Gasteiger partial charge < -0.3 is 14.5 Å². The van der Waals surface area contributed by atoms with Gasteiger partial charge in [-0.15, -0.1) is 0 Å². The summed E-state index contributed by atoms with van der Waals surface area (Å²) in [7, 11) is 0. The van der Waals surface area contributed by atoms with Crippen molar-refractivity contribution in [3.05, 3.63) is 64.1 Å². The van der Waals surface area contributed by atoms with E-state index in [-0.39, 0.29) is 13.0 Å². The highest BCUT2D eigenvalue weighted by molar-refractivity contribution is 5.95. The highest BCUT2D eigenvalue weighted by Crippen LogP contribution is 2.17. The minimum Gasteiger partial charge on any atom is -0.452 e. The molecule has 0 saturated carbocycles. The van der Waals surface area contributed by atoms with Crippen molar-refractivity contribution >= 4 is 28.7 Å². The number of nitrogens with one attached hydrogen (secondary N) is 1. The van der Waals surface area contributed by atoms with Crippen LogP contribution >= 0.6 is 0 Å². The van der Waals surface area contributed by atoms with Gasteiger partial charge >= 0.3 is 11.7 Å². The number of carbonyl (C=O) groups is 2. The number of aryl methyl sites for hydroxylation is 3. The van der Waals surface area contributed by atoms with Crippen LogP contribution in [0.5, 0.6) is 0 Å². The molecule has 1 atom stereocenters. The van der Waals surface area contributed by atoms with E-state index in [0.29, 0.717) is 16.8 Å². The van der Waals surface area contributed by atoms with E-state index in [1.165, 1.54) is 11.5 Å². The highest BCUT2D eigenvalue weighted by atomic mass is 16.5. The average Bonchev–Trinajstić information content (AvgIpc) is 2.97. The van der Waals surface area contributed by atoms with Crippen LogP contribution in [0.3, 0.4) is 0 Å². The van der Waals surface area contributed by atoms with Crippen molar-refractivity contribution in [1.82, 2.24) is 4.57 Å². The molecule has 1 N–H and O–H groups in total. The first-order valence-corrected chi connectivity index (χ1v) is 9.01. The van der Waals surface area contributed by atoms with Gasteiger partial charge in [-0.25, -0.2) is 4.79 Å². The zero-order valence-electron chi connectivity index (χ0n) is 16.0. The van der Waals surface area contributed by atoms with E-state index in [1.54, 1.807) is 24.3 Å². The summed E-state index contributed by atoms with van der Waals surface area (Å²) in [6.07, 6.45) is -1.00. The van der Waals surface area contributed by atoms with E-state index in [2.05, 4.69) is 5.32 Å². The topological polar surface area (TPSA) is 90.5 Å². The molecular weight excluding hydrogens is 360 g/mol. The summed E-state index contributed by atoms with van der Waals surface area (Å²) in [5, 5.41) is 2.76. The molecule has 0 aliphatic carbocycles. The molecule has 3 aromatic rings. The third-order valence-corrected chi connectivity index (χ3v) is 4.43. The fraction of sp³-hybridized carbons (Fsp3) is 0.286. The largest absolute Gasteiger partial charge is 0.452 e. The van der Waals surface area contributed by atoms with Crippen LogP contribution in [0.25, 0.3) is 11.1 Å². The molecule has 0 aliphatic rings. The van der Waals surface area contributed by atoms with Crippen molar-refractivity contribution in [3.63, 3.8) is 0 Å². The Hall–Kier alpha value is -3.35. The maximum atomic E-state index is 12.3. The van der Waals surface area contributed by atoms with Gasteiger partial charge in [-0.1, -0.05) is 29.8 Å². The zero-order valence-corrected chi connectivity index (χ0v) is 16.0. The number of benzene rings is 2. The molecule has 0 saturated heterocycles. The van der Waals surface area contributed by atoms with Crippen molar-refractivity contribution in [2.45, 2.75) is 39.8 Å². The summed E-state index contributed by atoms with van der Waals surface area (Å²) in [6, 6.07) is 12.6. The average molecular weight is 382 g/mol. The van der Waals surface area contributed by atoms with Crippen LogP contribution in [0, 0.1) is 13.8 Å². The predicted molar refractivity (Wildman–Crippen MR) is 105 cm³/mol. The molecule has 146 valence electrons. The lowest BCUT2D eigenvalue weighted by atomic mass is 10.1. The van der Waals surface area contributed by atoms with Crippen LogP contribution in [0.15, 0.2) is 51.7 Å². The normalized spacial score (nSPS) is 12.0. The Morgan fingerprint density at radius 3 is 2.68 bits per heavy atom. The van der Waals surface area contributed by atoms with Gasteiger partial charge in [0.25, 0.3) is 5.91 Å². The number of para-hydroxylation sites is 2. The third kappa shape index (κ3) is 4.31. The Kier molecular flexibility index (Phi) is 5.63. The molecule has 7 heteroatoms. The van der Waals surface area contributed by atoms with Crippen molar-refractivity contribution < 1.29 is 18.7 Å². The van der Waals surface area contributed by atoms with Gasteiger partial charge in [0.2, 0.25) is 0 Å². The Bertz CT molecular complexity index is 1080. The third-order valence-electron chi connectivity index (χ3n) is 4.43. The van der Waals surface area contributed by atoms with Crippen LogP contribution in [-0.2, 0) is 20.9 Å². The van der Waals surface area contributed by atoms with Gasteiger partial charge in [0.15, 0.2) is 11.7 Å². The molecule has 1 heterocycles. The molecule has 0 bridgehead atoms. The minimum atomic E-state index is -0.953. The lowest BCUT2D eigenvalue weighted by Crippen LogP contribution is -2.30. The summed E-state index contributed by atoms with van der Waals surface area (Å²) in [6.45, 7) is 5.49. The number of fused-ring (bicyclic) bond motifs is 1. The van der Waals surface area contributed by atoms with E-state index in [9.17, 15) is 14.4 Å². The number of nitrogens with zero attached hydrogens (tertiary/aromatic N) is 1. The zero-order chi connectivity index (χ0) is 20.3. The SMILES string of the molecule is Cc1ccc(NC(=O)[C@@H](C)OC(=O)CCn2c(=O)oc3ccccc32)c(C)c1. The van der Waals surface area contributed by atoms with E-state index < -0.39 is 23.7 Å². The van der Waals surface area contributed by atoms with Crippen molar-refractivity contribution in [2.75, 3.05) is 5.32 Å². The Balaban J connectivity index is 1.57. The molecule has 0 spiro atoms. The number of hydrogen-bond acceptors (Lipinski definition) is 5. The molecule has 0 fully saturated rings. The van der Waals surface area contributed by atoms with Crippen LogP contribution in [0.1, 0.15) is 24.5 Å². The van der Waals surface area contributed by atoms with Crippen LogP contribution < -0.4 is 11.1 Å². The molecule has 28 heavy (non-hydrogen) atoms. The number of amides is 1. The lowest BCUT2D eigenvalue weighted by Gasteiger charge is -2.15. The molecule has 7 nitrogen and oxygen atoms in total. The van der Waals surface area contributed by atoms with Crippen molar-refractivity contribution in [1.29, 1.82) is 0 Å². The molecule has 1 aromatic heterocycles. The van der Waals surface area contributed by atoms with Gasteiger partial charge in [-0.3, -0.25) is 14.2 Å². The first kappa shape index (κ1) is 19.4. The van der Waals surface area contributed by atoms with Gasteiger partial charge in [-0.2, -0.15) is 0 Å². The maximum absolute atomic E-state index is 12.3. The second kappa shape index (κ2) is 8.12. The standard InChI is InChI=1S/C21H22N2O5/c1-13-8-9-16(14(2)12-13)22-20(25)15(3)27-19(24)10-11-23-17-6-4-5-7-18(17)28-21(23)26/h4-9,12,15H,10-11H2,1-3H3,(H,22,25)/t15-/m1/s1. The van der Waals surface area contributed by atoms with Gasteiger partial charge in [0, 0.05) is 12.2 Å².